The minimum atomic E-state index is -3.30. The fourth-order valence-electron chi connectivity index (χ4n) is 1.99. The molecule has 0 unspecified atom stereocenters. The number of hydrogen-bond acceptors (Lipinski definition) is 4. The molecule has 0 atom stereocenters. The SMILES string of the molecule is O=S(=O)(CCC1CC1)Nc1cc(-c2ccncc2)[nH]n1. The Kier molecular flexibility index (Phi) is 3.43. The number of nitrogens with zero attached hydrogens (tertiary/aromatic N) is 2. The van der Waals surface area contributed by atoms with E-state index in [-0.39, 0.29) is 5.75 Å². The Morgan fingerprint density at radius 2 is 2.05 bits per heavy atom. The van der Waals surface area contributed by atoms with E-state index >= 15 is 0 Å². The van der Waals surface area contributed by atoms with Gasteiger partial charge in [-0.1, -0.05) is 12.8 Å². The van der Waals surface area contributed by atoms with Crippen LogP contribution in [0, 0.1) is 5.92 Å². The first kappa shape index (κ1) is 13.1. The van der Waals surface area contributed by atoms with Crippen LogP contribution in [0.15, 0.2) is 30.6 Å². The quantitative estimate of drug-likeness (QED) is 0.852. The molecule has 106 valence electrons. The zero-order valence-corrected chi connectivity index (χ0v) is 11.7. The van der Waals surface area contributed by atoms with E-state index in [2.05, 4.69) is 19.9 Å². The van der Waals surface area contributed by atoms with Crippen LogP contribution in [0.3, 0.4) is 0 Å². The summed E-state index contributed by atoms with van der Waals surface area (Å²) in [5.41, 5.74) is 1.67. The Bertz CT molecular complexity index is 677. The summed E-state index contributed by atoms with van der Waals surface area (Å²) in [6, 6.07) is 5.35. The van der Waals surface area contributed by atoms with Crippen LogP contribution in [-0.4, -0.2) is 29.4 Å². The van der Waals surface area contributed by atoms with E-state index in [0.29, 0.717) is 11.7 Å². The van der Waals surface area contributed by atoms with Crippen LogP contribution in [0.4, 0.5) is 5.82 Å². The molecule has 1 aliphatic rings. The van der Waals surface area contributed by atoms with Crippen molar-refractivity contribution in [1.29, 1.82) is 0 Å². The molecule has 0 saturated heterocycles. The zero-order valence-electron chi connectivity index (χ0n) is 10.9. The Morgan fingerprint density at radius 1 is 1.30 bits per heavy atom. The summed E-state index contributed by atoms with van der Waals surface area (Å²) >= 11 is 0. The van der Waals surface area contributed by atoms with Crippen molar-refractivity contribution in [3.8, 4) is 11.3 Å². The van der Waals surface area contributed by atoms with Gasteiger partial charge in [-0.3, -0.25) is 14.8 Å². The molecule has 0 bridgehead atoms. The van der Waals surface area contributed by atoms with E-state index in [1.807, 2.05) is 12.1 Å². The molecule has 1 aliphatic carbocycles. The van der Waals surface area contributed by atoms with Crippen LogP contribution in [0.2, 0.25) is 0 Å². The second kappa shape index (κ2) is 5.24. The summed E-state index contributed by atoms with van der Waals surface area (Å²) in [4.78, 5) is 3.94. The molecule has 0 radical (unpaired) electrons. The van der Waals surface area contributed by atoms with Gasteiger partial charge in [-0.15, -0.1) is 0 Å². The lowest BCUT2D eigenvalue weighted by Gasteiger charge is -2.03. The molecule has 3 rings (SSSR count). The third-order valence-corrected chi connectivity index (χ3v) is 4.61. The van der Waals surface area contributed by atoms with E-state index in [0.717, 1.165) is 30.5 Å². The van der Waals surface area contributed by atoms with Crippen molar-refractivity contribution in [1.82, 2.24) is 15.2 Å². The topological polar surface area (TPSA) is 87.7 Å². The number of nitrogens with one attached hydrogen (secondary N) is 2. The van der Waals surface area contributed by atoms with Gasteiger partial charge in [0.1, 0.15) is 0 Å². The molecular weight excluding hydrogens is 276 g/mol. The van der Waals surface area contributed by atoms with Crippen LogP contribution in [0.1, 0.15) is 19.3 Å². The van der Waals surface area contributed by atoms with Gasteiger partial charge in [-0.25, -0.2) is 8.42 Å². The Balaban J connectivity index is 1.67. The van der Waals surface area contributed by atoms with Crippen molar-refractivity contribution >= 4 is 15.8 Å². The minimum Gasteiger partial charge on any atom is -0.276 e. The summed E-state index contributed by atoms with van der Waals surface area (Å²) in [7, 11) is -3.30. The van der Waals surface area contributed by atoms with Crippen molar-refractivity contribution < 1.29 is 8.42 Å². The highest BCUT2D eigenvalue weighted by Crippen LogP contribution is 2.32. The number of anilines is 1. The molecule has 2 aromatic heterocycles. The summed E-state index contributed by atoms with van der Waals surface area (Å²) < 4.78 is 26.3. The van der Waals surface area contributed by atoms with Crippen molar-refractivity contribution in [3.05, 3.63) is 30.6 Å². The van der Waals surface area contributed by atoms with Gasteiger partial charge < -0.3 is 0 Å². The van der Waals surface area contributed by atoms with E-state index < -0.39 is 10.0 Å². The first-order valence-corrected chi connectivity index (χ1v) is 8.24. The predicted molar refractivity (Wildman–Crippen MR) is 76.6 cm³/mol. The smallest absolute Gasteiger partial charge is 0.233 e. The monoisotopic (exact) mass is 292 g/mol. The van der Waals surface area contributed by atoms with Gasteiger partial charge in [-0.2, -0.15) is 5.10 Å². The van der Waals surface area contributed by atoms with Crippen molar-refractivity contribution in [3.63, 3.8) is 0 Å². The summed E-state index contributed by atoms with van der Waals surface area (Å²) in [6.45, 7) is 0. The number of aromatic amines is 1. The van der Waals surface area contributed by atoms with Gasteiger partial charge in [0.2, 0.25) is 10.0 Å². The number of pyridine rings is 1. The van der Waals surface area contributed by atoms with Crippen molar-refractivity contribution in [2.24, 2.45) is 5.92 Å². The van der Waals surface area contributed by atoms with Crippen LogP contribution >= 0.6 is 0 Å². The molecule has 0 aromatic carbocycles. The second-order valence-corrected chi connectivity index (χ2v) is 6.90. The molecule has 2 aromatic rings. The van der Waals surface area contributed by atoms with E-state index in [1.165, 1.54) is 0 Å². The number of hydrogen-bond donors (Lipinski definition) is 2. The van der Waals surface area contributed by atoms with Crippen molar-refractivity contribution in [2.75, 3.05) is 10.5 Å². The van der Waals surface area contributed by atoms with Crippen molar-refractivity contribution in [2.45, 2.75) is 19.3 Å². The lowest BCUT2D eigenvalue weighted by molar-refractivity contribution is 0.595. The second-order valence-electron chi connectivity index (χ2n) is 5.06. The van der Waals surface area contributed by atoms with Gasteiger partial charge in [0.15, 0.2) is 5.82 Å². The Hall–Kier alpha value is -1.89. The van der Waals surface area contributed by atoms with Crippen LogP contribution < -0.4 is 4.72 Å². The van der Waals surface area contributed by atoms with E-state index in [4.69, 9.17) is 0 Å². The third kappa shape index (κ3) is 3.36. The van der Waals surface area contributed by atoms with Gasteiger partial charge >= 0.3 is 0 Å². The minimum absolute atomic E-state index is 0.162. The lowest BCUT2D eigenvalue weighted by Crippen LogP contribution is -2.17. The number of H-pyrrole nitrogens is 1. The molecule has 20 heavy (non-hydrogen) atoms. The highest BCUT2D eigenvalue weighted by atomic mass is 32.2. The molecule has 0 aliphatic heterocycles. The van der Waals surface area contributed by atoms with Crippen LogP contribution in [0.5, 0.6) is 0 Å². The maximum absolute atomic E-state index is 11.9. The molecule has 2 N–H and O–H groups in total. The number of rotatable bonds is 6. The van der Waals surface area contributed by atoms with Gasteiger partial charge in [0.25, 0.3) is 0 Å². The van der Waals surface area contributed by atoms with Gasteiger partial charge in [0.05, 0.1) is 11.4 Å². The first-order chi connectivity index (χ1) is 9.62. The maximum Gasteiger partial charge on any atom is 0.233 e. The fourth-order valence-corrected chi connectivity index (χ4v) is 3.16. The number of aromatic nitrogens is 3. The fraction of sp³-hybridized carbons (Fsp3) is 0.385. The highest BCUT2D eigenvalue weighted by Gasteiger charge is 2.24. The normalized spacial score (nSPS) is 15.2. The summed E-state index contributed by atoms with van der Waals surface area (Å²) in [6.07, 6.45) is 6.40. The average molecular weight is 292 g/mol. The largest absolute Gasteiger partial charge is 0.276 e. The molecule has 0 spiro atoms. The highest BCUT2D eigenvalue weighted by molar-refractivity contribution is 7.92. The number of sulfonamides is 1. The van der Waals surface area contributed by atoms with E-state index in [9.17, 15) is 8.42 Å². The maximum atomic E-state index is 11.9. The van der Waals surface area contributed by atoms with Crippen LogP contribution in [0.25, 0.3) is 11.3 Å². The first-order valence-electron chi connectivity index (χ1n) is 6.59. The third-order valence-electron chi connectivity index (χ3n) is 3.32. The Morgan fingerprint density at radius 3 is 2.75 bits per heavy atom. The van der Waals surface area contributed by atoms with Gasteiger partial charge in [-0.05, 0) is 24.5 Å². The molecule has 0 amide bonds. The van der Waals surface area contributed by atoms with Gasteiger partial charge in [0, 0.05) is 24.0 Å². The average Bonchev–Trinajstić information content (AvgIpc) is 3.17. The van der Waals surface area contributed by atoms with Crippen LogP contribution in [-0.2, 0) is 10.0 Å². The molecule has 2 heterocycles. The standard InChI is InChI=1S/C13H16N4O2S/c18-20(19,8-5-10-1-2-10)17-13-9-12(15-16-13)11-3-6-14-7-4-11/h3-4,6-7,9-10H,1-2,5,8H2,(H2,15,16,17). The molecule has 7 heteroatoms. The molecular formula is C13H16N4O2S. The molecule has 6 nitrogen and oxygen atoms in total. The Labute approximate surface area is 117 Å². The summed E-state index contributed by atoms with van der Waals surface area (Å²) in [5.74, 6) is 1.08. The zero-order chi connectivity index (χ0) is 14.0. The summed E-state index contributed by atoms with van der Waals surface area (Å²) in [5, 5.41) is 6.80. The molecule has 1 saturated carbocycles. The lowest BCUT2D eigenvalue weighted by atomic mass is 10.2. The van der Waals surface area contributed by atoms with E-state index in [1.54, 1.807) is 18.5 Å². The predicted octanol–water partition coefficient (Wildman–Crippen LogP) is 2.01. The molecule has 1 fully saturated rings.